The Morgan fingerprint density at radius 1 is 1.16 bits per heavy atom. The smallest absolute Gasteiger partial charge is 0.321 e. The molecule has 2 fully saturated rings. The average Bonchev–Trinajstić information content (AvgIpc) is 3.08. The highest BCUT2D eigenvalue weighted by Crippen LogP contribution is 2.26. The van der Waals surface area contributed by atoms with Gasteiger partial charge in [0, 0.05) is 18.6 Å². The van der Waals surface area contributed by atoms with E-state index in [-0.39, 0.29) is 25.1 Å². The van der Waals surface area contributed by atoms with Gasteiger partial charge >= 0.3 is 6.03 Å². The minimum absolute atomic E-state index is 0.0397. The maximum absolute atomic E-state index is 11.7. The molecule has 0 aromatic rings. The summed E-state index contributed by atoms with van der Waals surface area (Å²) >= 11 is 0. The molecule has 0 bridgehead atoms. The van der Waals surface area contributed by atoms with E-state index in [4.69, 9.17) is 5.11 Å². The van der Waals surface area contributed by atoms with Crippen LogP contribution in [0.25, 0.3) is 0 Å². The van der Waals surface area contributed by atoms with Crippen LogP contribution in [0.3, 0.4) is 0 Å². The highest BCUT2D eigenvalue weighted by Gasteiger charge is 2.30. The molecule has 3 N–H and O–H groups in total. The summed E-state index contributed by atoms with van der Waals surface area (Å²) in [6.45, 7) is 0.712. The van der Waals surface area contributed by atoms with Crippen LogP contribution >= 0.6 is 0 Å². The number of amides is 3. The largest absolute Gasteiger partial charge is 0.395 e. The molecular formula is C13H23N3O3. The van der Waals surface area contributed by atoms with Gasteiger partial charge in [0.2, 0.25) is 5.91 Å². The highest BCUT2D eigenvalue weighted by molar-refractivity contribution is 5.95. The number of nitrogens with one attached hydrogen (secondary N) is 2. The van der Waals surface area contributed by atoms with Gasteiger partial charge in [-0.1, -0.05) is 12.8 Å². The van der Waals surface area contributed by atoms with E-state index in [0.29, 0.717) is 12.6 Å². The fourth-order valence-electron chi connectivity index (χ4n) is 2.60. The minimum Gasteiger partial charge on any atom is -0.395 e. The summed E-state index contributed by atoms with van der Waals surface area (Å²) in [5.74, 6) is -0.296. The molecule has 2 aliphatic rings. The zero-order valence-electron chi connectivity index (χ0n) is 11.2. The summed E-state index contributed by atoms with van der Waals surface area (Å²) in [7, 11) is 0. The monoisotopic (exact) mass is 269 g/mol. The molecule has 6 heteroatoms. The number of rotatable bonds is 6. The summed E-state index contributed by atoms with van der Waals surface area (Å²) in [6.07, 6.45) is 6.43. The fourth-order valence-corrected chi connectivity index (χ4v) is 2.60. The van der Waals surface area contributed by atoms with Gasteiger partial charge in [0.05, 0.1) is 13.2 Å². The second-order valence-electron chi connectivity index (χ2n) is 5.43. The minimum atomic E-state index is -0.392. The van der Waals surface area contributed by atoms with Gasteiger partial charge in [-0.15, -0.1) is 0 Å². The van der Waals surface area contributed by atoms with E-state index >= 15 is 0 Å². The lowest BCUT2D eigenvalue weighted by molar-refractivity contribution is -0.121. The molecule has 0 spiro atoms. The van der Waals surface area contributed by atoms with Crippen LogP contribution in [0.1, 0.15) is 38.5 Å². The number of nitrogens with zero attached hydrogens (tertiary/aromatic N) is 1. The van der Waals surface area contributed by atoms with E-state index in [9.17, 15) is 9.59 Å². The lowest BCUT2D eigenvalue weighted by Crippen LogP contribution is -2.47. The Hall–Kier alpha value is -1.14. The van der Waals surface area contributed by atoms with Gasteiger partial charge in [-0.25, -0.2) is 4.79 Å². The van der Waals surface area contributed by atoms with E-state index in [2.05, 4.69) is 10.6 Å². The molecule has 19 heavy (non-hydrogen) atoms. The summed E-state index contributed by atoms with van der Waals surface area (Å²) in [5, 5.41) is 14.1. The van der Waals surface area contributed by atoms with E-state index in [1.165, 1.54) is 0 Å². The third kappa shape index (κ3) is 4.80. The quantitative estimate of drug-likeness (QED) is 0.644. The van der Waals surface area contributed by atoms with Crippen molar-refractivity contribution in [2.75, 3.05) is 19.7 Å². The molecule has 2 saturated carbocycles. The van der Waals surface area contributed by atoms with Gasteiger partial charge in [0.15, 0.2) is 0 Å². The van der Waals surface area contributed by atoms with Gasteiger partial charge in [-0.05, 0) is 25.7 Å². The first kappa shape index (κ1) is 14.3. The van der Waals surface area contributed by atoms with Crippen molar-refractivity contribution in [1.29, 1.82) is 0 Å². The summed E-state index contributed by atoms with van der Waals surface area (Å²) in [5.41, 5.74) is 0. The zero-order chi connectivity index (χ0) is 13.7. The molecule has 3 amide bonds. The van der Waals surface area contributed by atoms with Gasteiger partial charge < -0.3 is 10.4 Å². The Morgan fingerprint density at radius 3 is 2.42 bits per heavy atom. The number of aliphatic hydroxyl groups excluding tert-OH is 1. The van der Waals surface area contributed by atoms with Gasteiger partial charge in [-0.3, -0.25) is 15.0 Å². The molecule has 0 radical (unpaired) electrons. The van der Waals surface area contributed by atoms with Gasteiger partial charge in [0.25, 0.3) is 0 Å². The topological polar surface area (TPSA) is 81.7 Å². The lowest BCUT2D eigenvalue weighted by Gasteiger charge is -2.20. The van der Waals surface area contributed by atoms with Crippen LogP contribution < -0.4 is 10.6 Å². The number of imide groups is 1. The molecule has 2 rings (SSSR count). The van der Waals surface area contributed by atoms with Gasteiger partial charge in [-0.2, -0.15) is 0 Å². The van der Waals surface area contributed by atoms with E-state index in [1.807, 2.05) is 4.90 Å². The second kappa shape index (κ2) is 6.86. The van der Waals surface area contributed by atoms with E-state index in [1.54, 1.807) is 0 Å². The van der Waals surface area contributed by atoms with E-state index in [0.717, 1.165) is 38.5 Å². The Labute approximate surface area is 113 Å². The first-order valence-corrected chi connectivity index (χ1v) is 7.14. The van der Waals surface area contributed by atoms with Crippen molar-refractivity contribution in [1.82, 2.24) is 15.5 Å². The molecule has 0 aromatic heterocycles. The van der Waals surface area contributed by atoms with Crippen molar-refractivity contribution in [3.05, 3.63) is 0 Å². The standard InChI is InChI=1S/C13H23N3O3/c17-8-7-16(11-5-6-11)9-12(18)15-13(19)14-10-3-1-2-4-10/h10-11,17H,1-9H2,(H2,14,15,18,19). The van der Waals surface area contributed by atoms with Crippen molar-refractivity contribution in [3.63, 3.8) is 0 Å². The SMILES string of the molecule is O=C(CN(CCO)C1CC1)NC(=O)NC1CCCC1. The van der Waals surface area contributed by atoms with Crippen molar-refractivity contribution in [3.8, 4) is 0 Å². The second-order valence-corrected chi connectivity index (χ2v) is 5.43. The third-order valence-corrected chi connectivity index (χ3v) is 3.74. The number of carbonyl (C=O) groups excluding carboxylic acids is 2. The molecule has 0 aromatic carbocycles. The van der Waals surface area contributed by atoms with E-state index < -0.39 is 6.03 Å². The first-order chi connectivity index (χ1) is 9.19. The molecule has 0 saturated heterocycles. The molecule has 6 nitrogen and oxygen atoms in total. The third-order valence-electron chi connectivity index (χ3n) is 3.74. The van der Waals surface area contributed by atoms with Crippen molar-refractivity contribution in [2.45, 2.75) is 50.6 Å². The van der Waals surface area contributed by atoms with Crippen molar-refractivity contribution >= 4 is 11.9 Å². The number of carbonyl (C=O) groups is 2. The van der Waals surface area contributed by atoms with Crippen LogP contribution in [0.5, 0.6) is 0 Å². The Morgan fingerprint density at radius 2 is 1.84 bits per heavy atom. The maximum Gasteiger partial charge on any atom is 0.321 e. The zero-order valence-corrected chi connectivity index (χ0v) is 11.2. The van der Waals surface area contributed by atoms with Crippen LogP contribution in [0.4, 0.5) is 4.79 Å². The number of hydrogen-bond acceptors (Lipinski definition) is 4. The molecule has 2 aliphatic carbocycles. The van der Waals surface area contributed by atoms with Crippen LogP contribution in [0, 0.1) is 0 Å². The molecular weight excluding hydrogens is 246 g/mol. The predicted octanol–water partition coefficient (Wildman–Crippen LogP) is 0.212. The highest BCUT2D eigenvalue weighted by atomic mass is 16.3. The number of urea groups is 1. The number of hydrogen-bond donors (Lipinski definition) is 3. The van der Waals surface area contributed by atoms with Crippen LogP contribution in [0.2, 0.25) is 0 Å². The molecule has 0 heterocycles. The molecule has 0 aliphatic heterocycles. The maximum atomic E-state index is 11.7. The predicted molar refractivity (Wildman–Crippen MR) is 70.6 cm³/mol. The lowest BCUT2D eigenvalue weighted by atomic mass is 10.2. The summed E-state index contributed by atoms with van der Waals surface area (Å²) in [6, 6.07) is 0.220. The summed E-state index contributed by atoms with van der Waals surface area (Å²) in [4.78, 5) is 25.3. The summed E-state index contributed by atoms with van der Waals surface area (Å²) < 4.78 is 0. The first-order valence-electron chi connectivity index (χ1n) is 7.14. The molecule has 0 atom stereocenters. The molecule has 108 valence electrons. The Kier molecular flexibility index (Phi) is 5.15. The Balaban J connectivity index is 1.68. The van der Waals surface area contributed by atoms with Crippen molar-refractivity contribution in [2.24, 2.45) is 0 Å². The number of aliphatic hydroxyl groups is 1. The fraction of sp³-hybridized carbons (Fsp3) is 0.846. The van der Waals surface area contributed by atoms with Gasteiger partial charge in [0.1, 0.15) is 0 Å². The van der Waals surface area contributed by atoms with Crippen LogP contribution in [-0.4, -0.2) is 53.7 Å². The Bertz CT molecular complexity index is 325. The van der Waals surface area contributed by atoms with Crippen LogP contribution in [-0.2, 0) is 4.79 Å². The normalized spacial score (nSPS) is 19.7. The molecule has 0 unspecified atom stereocenters. The van der Waals surface area contributed by atoms with Crippen LogP contribution in [0.15, 0.2) is 0 Å². The van der Waals surface area contributed by atoms with Crippen molar-refractivity contribution < 1.29 is 14.7 Å². The average molecular weight is 269 g/mol.